The number of carbonyl (C=O) groups is 2. The van der Waals surface area contributed by atoms with Crippen LogP contribution in [-0.4, -0.2) is 47.1 Å². The summed E-state index contributed by atoms with van der Waals surface area (Å²) in [5, 5.41) is 4.95. The second kappa shape index (κ2) is 10.1. The van der Waals surface area contributed by atoms with Gasteiger partial charge in [-0.2, -0.15) is 13.2 Å². The number of nitrogens with one attached hydrogen (secondary N) is 2. The molecule has 2 aromatic rings. The molecular weight excluding hydrogens is 460 g/mol. The van der Waals surface area contributed by atoms with Crippen LogP contribution in [0.3, 0.4) is 0 Å². The number of benzene rings is 1. The molecule has 2 amide bonds. The molecular formula is C19H17ClF4N4O4. The van der Waals surface area contributed by atoms with Crippen LogP contribution < -0.4 is 15.4 Å². The highest BCUT2D eigenvalue weighted by molar-refractivity contribution is 6.30. The van der Waals surface area contributed by atoms with Crippen LogP contribution in [0.2, 0.25) is 5.02 Å². The van der Waals surface area contributed by atoms with E-state index in [1.807, 2.05) is 0 Å². The molecule has 0 saturated carbocycles. The van der Waals surface area contributed by atoms with E-state index < -0.39 is 35.6 Å². The highest BCUT2D eigenvalue weighted by Crippen LogP contribution is 2.27. The standard InChI is InChI=1S/C19H17ClF4N4O4/c20-12-3-2-11(5-13(12)21)31-9-17(29)27-10-1-4-14(32-8-10)18(30)28-16-7-25-15(6-26-16)19(22,23)24/h2-3,5-7,10,14H,1,4,8-9H2,(H,27,29)(H,26,28,30)/t10-,14+/m1/s1. The van der Waals surface area contributed by atoms with Gasteiger partial charge in [0.05, 0.1) is 30.1 Å². The first-order chi connectivity index (χ1) is 15.1. The zero-order valence-corrected chi connectivity index (χ0v) is 17.0. The van der Waals surface area contributed by atoms with E-state index in [-0.39, 0.29) is 42.3 Å². The van der Waals surface area contributed by atoms with Crippen molar-refractivity contribution in [1.82, 2.24) is 15.3 Å². The van der Waals surface area contributed by atoms with Gasteiger partial charge in [-0.05, 0) is 25.0 Å². The molecule has 0 bridgehead atoms. The highest BCUT2D eigenvalue weighted by Gasteiger charge is 2.33. The topological polar surface area (TPSA) is 102 Å². The molecule has 0 spiro atoms. The number of hydrogen-bond donors (Lipinski definition) is 2. The lowest BCUT2D eigenvalue weighted by atomic mass is 10.0. The fraction of sp³-hybridized carbons (Fsp3) is 0.368. The number of carbonyl (C=O) groups excluding carboxylic acids is 2. The third kappa shape index (κ3) is 6.50. The van der Waals surface area contributed by atoms with Crippen molar-refractivity contribution in [3.63, 3.8) is 0 Å². The van der Waals surface area contributed by atoms with E-state index in [4.69, 9.17) is 21.1 Å². The molecule has 1 aliphatic heterocycles. The lowest BCUT2D eigenvalue weighted by Gasteiger charge is -2.28. The quantitative estimate of drug-likeness (QED) is 0.621. The molecule has 32 heavy (non-hydrogen) atoms. The molecule has 0 unspecified atom stereocenters. The molecule has 0 aliphatic carbocycles. The first-order valence-corrected chi connectivity index (χ1v) is 9.68. The van der Waals surface area contributed by atoms with Crippen molar-refractivity contribution in [3.05, 3.63) is 47.1 Å². The van der Waals surface area contributed by atoms with E-state index in [2.05, 4.69) is 20.6 Å². The van der Waals surface area contributed by atoms with Crippen LogP contribution in [-0.2, 0) is 20.5 Å². The normalized spacial score (nSPS) is 18.7. The van der Waals surface area contributed by atoms with Gasteiger partial charge in [-0.3, -0.25) is 9.59 Å². The molecule has 1 saturated heterocycles. The van der Waals surface area contributed by atoms with Gasteiger partial charge in [0, 0.05) is 6.07 Å². The van der Waals surface area contributed by atoms with Crippen LogP contribution in [0, 0.1) is 5.82 Å². The zero-order chi connectivity index (χ0) is 23.3. The largest absolute Gasteiger partial charge is 0.484 e. The van der Waals surface area contributed by atoms with E-state index in [9.17, 15) is 27.2 Å². The summed E-state index contributed by atoms with van der Waals surface area (Å²) < 4.78 is 61.5. The van der Waals surface area contributed by atoms with Gasteiger partial charge in [0.1, 0.15) is 17.7 Å². The molecule has 8 nitrogen and oxygen atoms in total. The van der Waals surface area contributed by atoms with Crippen molar-refractivity contribution in [3.8, 4) is 5.75 Å². The van der Waals surface area contributed by atoms with E-state index in [0.29, 0.717) is 12.6 Å². The van der Waals surface area contributed by atoms with Gasteiger partial charge in [0.2, 0.25) is 0 Å². The molecule has 3 rings (SSSR count). The number of aromatic nitrogens is 2. The maximum atomic E-state index is 13.4. The molecule has 2 atom stereocenters. The van der Waals surface area contributed by atoms with Crippen LogP contribution in [0.25, 0.3) is 0 Å². The minimum Gasteiger partial charge on any atom is -0.484 e. The Labute approximate surface area is 184 Å². The maximum Gasteiger partial charge on any atom is 0.434 e. The van der Waals surface area contributed by atoms with Crippen molar-refractivity contribution in [2.45, 2.75) is 31.2 Å². The van der Waals surface area contributed by atoms with E-state index in [1.165, 1.54) is 12.1 Å². The fourth-order valence-electron chi connectivity index (χ4n) is 2.80. The third-order valence-electron chi connectivity index (χ3n) is 4.39. The number of ether oxygens (including phenoxy) is 2. The average Bonchev–Trinajstić information content (AvgIpc) is 2.75. The van der Waals surface area contributed by atoms with Gasteiger partial charge in [-0.1, -0.05) is 11.6 Å². The first kappa shape index (κ1) is 23.7. The maximum absolute atomic E-state index is 13.4. The van der Waals surface area contributed by atoms with Crippen LogP contribution >= 0.6 is 11.6 Å². The van der Waals surface area contributed by atoms with Crippen molar-refractivity contribution >= 4 is 29.2 Å². The average molecular weight is 477 g/mol. The Morgan fingerprint density at radius 1 is 1.22 bits per heavy atom. The van der Waals surface area contributed by atoms with Gasteiger partial charge in [0.25, 0.3) is 11.8 Å². The molecule has 1 fully saturated rings. The summed E-state index contributed by atoms with van der Waals surface area (Å²) in [6.07, 6.45) is -3.49. The number of rotatable bonds is 6. The predicted octanol–water partition coefficient (Wildman–Crippen LogP) is 2.97. The zero-order valence-electron chi connectivity index (χ0n) is 16.3. The Morgan fingerprint density at radius 2 is 2.00 bits per heavy atom. The molecule has 1 aromatic carbocycles. The highest BCUT2D eigenvalue weighted by atomic mass is 35.5. The van der Waals surface area contributed by atoms with E-state index in [0.717, 1.165) is 12.3 Å². The molecule has 2 N–H and O–H groups in total. The van der Waals surface area contributed by atoms with Gasteiger partial charge in [-0.25, -0.2) is 14.4 Å². The number of alkyl halides is 3. The van der Waals surface area contributed by atoms with Crippen molar-refractivity contribution in [2.24, 2.45) is 0 Å². The summed E-state index contributed by atoms with van der Waals surface area (Å²) in [6.45, 7) is -0.313. The Bertz CT molecular complexity index is 967. The third-order valence-corrected chi connectivity index (χ3v) is 4.69. The van der Waals surface area contributed by atoms with Gasteiger partial charge in [0.15, 0.2) is 18.1 Å². The summed E-state index contributed by atoms with van der Waals surface area (Å²) in [7, 11) is 0. The van der Waals surface area contributed by atoms with Crippen LogP contribution in [0.15, 0.2) is 30.6 Å². The van der Waals surface area contributed by atoms with Crippen molar-refractivity contribution in [2.75, 3.05) is 18.5 Å². The van der Waals surface area contributed by atoms with Crippen LogP contribution in [0.1, 0.15) is 18.5 Å². The fourth-order valence-corrected chi connectivity index (χ4v) is 2.92. The van der Waals surface area contributed by atoms with Gasteiger partial charge >= 0.3 is 6.18 Å². The molecule has 1 aliphatic rings. The lowest BCUT2D eigenvalue weighted by molar-refractivity contribution is -0.141. The number of amides is 2. The summed E-state index contributed by atoms with van der Waals surface area (Å²) >= 11 is 5.57. The van der Waals surface area contributed by atoms with Crippen LogP contribution in [0.4, 0.5) is 23.4 Å². The molecule has 1 aromatic heterocycles. The Hall–Kier alpha value is -2.99. The van der Waals surface area contributed by atoms with Gasteiger partial charge < -0.3 is 20.1 Å². The minimum atomic E-state index is -4.63. The number of anilines is 1. The SMILES string of the molecule is O=C(COc1ccc(Cl)c(F)c1)N[C@@H]1CC[C@@H](C(=O)Nc2cnc(C(F)(F)F)cn2)OC1. The second-order valence-corrected chi connectivity index (χ2v) is 7.21. The second-order valence-electron chi connectivity index (χ2n) is 6.80. The molecule has 13 heteroatoms. The summed E-state index contributed by atoms with van der Waals surface area (Å²) in [5.41, 5.74) is -1.17. The van der Waals surface area contributed by atoms with E-state index >= 15 is 0 Å². The molecule has 172 valence electrons. The molecule has 2 heterocycles. The first-order valence-electron chi connectivity index (χ1n) is 9.30. The number of hydrogen-bond acceptors (Lipinski definition) is 6. The van der Waals surface area contributed by atoms with Crippen molar-refractivity contribution in [1.29, 1.82) is 0 Å². The predicted molar refractivity (Wildman–Crippen MR) is 103 cm³/mol. The summed E-state index contributed by atoms with van der Waals surface area (Å²) in [6, 6.07) is 3.42. The summed E-state index contributed by atoms with van der Waals surface area (Å²) in [5.74, 6) is -1.71. The van der Waals surface area contributed by atoms with Gasteiger partial charge in [-0.15, -0.1) is 0 Å². The molecule has 0 radical (unpaired) electrons. The Morgan fingerprint density at radius 3 is 2.59 bits per heavy atom. The lowest BCUT2D eigenvalue weighted by Crippen LogP contribution is -2.47. The smallest absolute Gasteiger partial charge is 0.434 e. The van der Waals surface area contributed by atoms with Crippen molar-refractivity contribution < 1.29 is 36.6 Å². The van der Waals surface area contributed by atoms with Crippen LogP contribution in [0.5, 0.6) is 5.75 Å². The minimum absolute atomic E-state index is 0.0398. The summed E-state index contributed by atoms with van der Waals surface area (Å²) in [4.78, 5) is 31.0. The monoisotopic (exact) mass is 476 g/mol. The number of halogens is 5. The Kier molecular flexibility index (Phi) is 7.46. The Balaban J connectivity index is 1.40. The number of nitrogens with zero attached hydrogens (tertiary/aromatic N) is 2. The van der Waals surface area contributed by atoms with E-state index in [1.54, 1.807) is 0 Å².